The third kappa shape index (κ3) is 2.49. The van der Waals surface area contributed by atoms with Gasteiger partial charge in [0.15, 0.2) is 0 Å². The van der Waals surface area contributed by atoms with Gasteiger partial charge in [-0.25, -0.2) is 0 Å². The maximum atomic E-state index is 12.6. The third-order valence-electron chi connectivity index (χ3n) is 5.71. The van der Waals surface area contributed by atoms with E-state index in [0.29, 0.717) is 28.3 Å². The van der Waals surface area contributed by atoms with Crippen LogP contribution in [0.1, 0.15) is 42.5 Å². The van der Waals surface area contributed by atoms with E-state index in [4.69, 9.17) is 11.6 Å². The SMILES string of the molecule is O=C(NC1C2CC3CC1CC(O)(C3)C2)c1ccc(Br)cc1Cl. The Balaban J connectivity index is 1.53. The zero-order valence-corrected chi connectivity index (χ0v) is 14.5. The quantitative estimate of drug-likeness (QED) is 0.815. The minimum atomic E-state index is -0.465. The molecule has 2 N–H and O–H groups in total. The summed E-state index contributed by atoms with van der Waals surface area (Å²) < 4.78 is 0.867. The summed E-state index contributed by atoms with van der Waals surface area (Å²) >= 11 is 9.54. The highest BCUT2D eigenvalue weighted by atomic mass is 79.9. The van der Waals surface area contributed by atoms with Crippen molar-refractivity contribution in [3.8, 4) is 0 Å². The van der Waals surface area contributed by atoms with Crippen LogP contribution in [0, 0.1) is 17.8 Å². The van der Waals surface area contributed by atoms with Gasteiger partial charge in [0, 0.05) is 10.5 Å². The first-order valence-electron chi connectivity index (χ1n) is 7.92. The Bertz CT molecular complexity index is 619. The molecule has 0 saturated heterocycles. The molecular weight excluding hydrogens is 366 g/mol. The zero-order valence-electron chi connectivity index (χ0n) is 12.2. The van der Waals surface area contributed by atoms with E-state index in [2.05, 4.69) is 21.2 Å². The molecule has 5 rings (SSSR count). The molecule has 1 aromatic carbocycles. The summed E-state index contributed by atoms with van der Waals surface area (Å²) in [5.41, 5.74) is 0.0601. The number of benzene rings is 1. The van der Waals surface area contributed by atoms with Crippen LogP contribution in [-0.2, 0) is 0 Å². The first-order valence-corrected chi connectivity index (χ1v) is 9.09. The second-order valence-electron chi connectivity index (χ2n) is 7.32. The summed E-state index contributed by atoms with van der Waals surface area (Å²) in [5.74, 6) is 1.37. The van der Waals surface area contributed by atoms with Gasteiger partial charge in [0.1, 0.15) is 0 Å². The van der Waals surface area contributed by atoms with E-state index in [9.17, 15) is 9.90 Å². The summed E-state index contributed by atoms with van der Waals surface area (Å²) in [4.78, 5) is 12.6. The molecule has 4 aliphatic rings. The molecule has 4 aliphatic carbocycles. The second kappa shape index (κ2) is 5.22. The fraction of sp³-hybridized carbons (Fsp3) is 0.588. The van der Waals surface area contributed by atoms with E-state index in [0.717, 1.165) is 36.6 Å². The molecule has 4 saturated carbocycles. The molecule has 2 atom stereocenters. The molecule has 5 heteroatoms. The Morgan fingerprint density at radius 2 is 1.95 bits per heavy atom. The molecule has 2 unspecified atom stereocenters. The van der Waals surface area contributed by atoms with Crippen molar-refractivity contribution in [3.63, 3.8) is 0 Å². The van der Waals surface area contributed by atoms with Crippen LogP contribution in [0.4, 0.5) is 0 Å². The van der Waals surface area contributed by atoms with Crippen LogP contribution >= 0.6 is 27.5 Å². The first kappa shape index (κ1) is 15.0. The monoisotopic (exact) mass is 383 g/mol. The number of nitrogens with one attached hydrogen (secondary N) is 1. The van der Waals surface area contributed by atoms with Crippen LogP contribution < -0.4 is 5.32 Å². The normalized spacial score (nSPS) is 39.0. The van der Waals surface area contributed by atoms with Crippen LogP contribution in [0.5, 0.6) is 0 Å². The maximum absolute atomic E-state index is 12.6. The molecule has 0 aromatic heterocycles. The van der Waals surface area contributed by atoms with Gasteiger partial charge >= 0.3 is 0 Å². The van der Waals surface area contributed by atoms with E-state index in [-0.39, 0.29) is 11.9 Å². The number of aliphatic hydroxyl groups is 1. The van der Waals surface area contributed by atoms with Crippen molar-refractivity contribution >= 4 is 33.4 Å². The summed E-state index contributed by atoms with van der Waals surface area (Å²) in [7, 11) is 0. The van der Waals surface area contributed by atoms with Crippen molar-refractivity contribution in [1.82, 2.24) is 5.32 Å². The third-order valence-corrected chi connectivity index (χ3v) is 6.52. The Hall–Kier alpha value is -0.580. The van der Waals surface area contributed by atoms with Gasteiger partial charge in [0.25, 0.3) is 5.91 Å². The Kier molecular flexibility index (Phi) is 3.55. The number of hydrogen-bond donors (Lipinski definition) is 2. The molecule has 4 bridgehead atoms. The highest BCUT2D eigenvalue weighted by Gasteiger charge is 2.55. The molecule has 3 nitrogen and oxygen atoms in total. The largest absolute Gasteiger partial charge is 0.390 e. The summed E-state index contributed by atoms with van der Waals surface area (Å²) in [6, 6.07) is 5.52. The standard InChI is InChI=1S/C17H19BrClNO2/c18-12-1-2-13(14(19)5-12)16(21)20-15-10-3-9-4-11(15)8-17(22,6-9)7-10/h1-2,5,9-11,15,22H,3-4,6-8H2,(H,20,21). The van der Waals surface area contributed by atoms with Gasteiger partial charge in [-0.1, -0.05) is 27.5 Å². The molecule has 4 fully saturated rings. The molecule has 1 amide bonds. The average molecular weight is 385 g/mol. The van der Waals surface area contributed by atoms with Gasteiger partial charge in [-0.15, -0.1) is 0 Å². The number of carbonyl (C=O) groups is 1. The Morgan fingerprint density at radius 3 is 2.55 bits per heavy atom. The summed E-state index contributed by atoms with van der Waals surface area (Å²) in [6.07, 6.45) is 4.90. The minimum Gasteiger partial charge on any atom is -0.390 e. The minimum absolute atomic E-state index is 0.0954. The lowest BCUT2D eigenvalue weighted by Gasteiger charge is -2.58. The van der Waals surface area contributed by atoms with Gasteiger partial charge in [-0.2, -0.15) is 0 Å². The van der Waals surface area contributed by atoms with Crippen molar-refractivity contribution in [1.29, 1.82) is 0 Å². The van der Waals surface area contributed by atoms with Crippen molar-refractivity contribution in [3.05, 3.63) is 33.3 Å². The lowest BCUT2D eigenvalue weighted by Crippen LogP contribution is -2.61. The highest BCUT2D eigenvalue weighted by molar-refractivity contribution is 9.10. The second-order valence-corrected chi connectivity index (χ2v) is 8.64. The van der Waals surface area contributed by atoms with Gasteiger partial charge in [0.2, 0.25) is 0 Å². The van der Waals surface area contributed by atoms with Crippen molar-refractivity contribution in [2.24, 2.45) is 17.8 Å². The smallest absolute Gasteiger partial charge is 0.253 e. The highest BCUT2D eigenvalue weighted by Crippen LogP contribution is 2.55. The summed E-state index contributed by atoms with van der Waals surface area (Å²) in [6.45, 7) is 0. The first-order chi connectivity index (χ1) is 10.4. The number of rotatable bonds is 2. The zero-order chi connectivity index (χ0) is 15.5. The number of carbonyl (C=O) groups excluding carboxylic acids is 1. The molecule has 0 spiro atoms. The fourth-order valence-electron chi connectivity index (χ4n) is 5.12. The number of hydrogen-bond acceptors (Lipinski definition) is 2. The van der Waals surface area contributed by atoms with E-state index >= 15 is 0 Å². The van der Waals surface area contributed by atoms with Gasteiger partial charge < -0.3 is 10.4 Å². The Labute approximate surface area is 143 Å². The van der Waals surface area contributed by atoms with E-state index in [1.165, 1.54) is 0 Å². The van der Waals surface area contributed by atoms with E-state index in [1.54, 1.807) is 12.1 Å². The molecule has 1 aromatic rings. The van der Waals surface area contributed by atoms with Crippen LogP contribution in [0.25, 0.3) is 0 Å². The fourth-order valence-corrected chi connectivity index (χ4v) is 5.88. The van der Waals surface area contributed by atoms with Crippen LogP contribution in [-0.4, -0.2) is 22.7 Å². The maximum Gasteiger partial charge on any atom is 0.253 e. The predicted molar refractivity (Wildman–Crippen MR) is 88.9 cm³/mol. The van der Waals surface area contributed by atoms with Crippen molar-refractivity contribution < 1.29 is 9.90 Å². The number of amides is 1. The molecule has 0 heterocycles. The molecule has 0 radical (unpaired) electrons. The van der Waals surface area contributed by atoms with Crippen molar-refractivity contribution in [2.45, 2.75) is 43.7 Å². The molecule has 0 aliphatic heterocycles. The summed E-state index contributed by atoms with van der Waals surface area (Å²) in [5, 5.41) is 14.3. The molecule has 22 heavy (non-hydrogen) atoms. The molecule has 118 valence electrons. The topological polar surface area (TPSA) is 49.3 Å². The van der Waals surface area contributed by atoms with E-state index < -0.39 is 5.60 Å². The van der Waals surface area contributed by atoms with Crippen molar-refractivity contribution in [2.75, 3.05) is 0 Å². The molecular formula is C17H19BrClNO2. The van der Waals surface area contributed by atoms with Crippen LogP contribution in [0.2, 0.25) is 5.02 Å². The van der Waals surface area contributed by atoms with Gasteiger partial charge in [-0.05, 0) is 68.1 Å². The lowest BCUT2D eigenvalue weighted by molar-refractivity contribution is -0.136. The van der Waals surface area contributed by atoms with E-state index in [1.807, 2.05) is 6.07 Å². The Morgan fingerprint density at radius 1 is 1.27 bits per heavy atom. The predicted octanol–water partition coefficient (Wildman–Crippen LogP) is 3.77. The van der Waals surface area contributed by atoms with Gasteiger partial charge in [-0.3, -0.25) is 4.79 Å². The van der Waals surface area contributed by atoms with Crippen LogP contribution in [0.15, 0.2) is 22.7 Å². The van der Waals surface area contributed by atoms with Crippen LogP contribution in [0.3, 0.4) is 0 Å². The number of halogens is 2. The van der Waals surface area contributed by atoms with Gasteiger partial charge in [0.05, 0.1) is 16.2 Å². The average Bonchev–Trinajstić information content (AvgIpc) is 2.40. The lowest BCUT2D eigenvalue weighted by atomic mass is 9.52.